The second-order valence-corrected chi connectivity index (χ2v) is 4.89. The molecular formula is C15H17N3. The molecule has 0 saturated carbocycles. The summed E-state index contributed by atoms with van der Waals surface area (Å²) in [6.45, 7) is 6.40. The van der Waals surface area contributed by atoms with Gasteiger partial charge in [0, 0.05) is 12.6 Å². The monoisotopic (exact) mass is 239 g/mol. The molecule has 1 aromatic carbocycles. The molecule has 0 radical (unpaired) electrons. The third-order valence-corrected chi connectivity index (χ3v) is 3.23. The third kappa shape index (κ3) is 2.02. The number of aryl methyl sites for hydroxylation is 2. The summed E-state index contributed by atoms with van der Waals surface area (Å²) in [5.74, 6) is 0.475. The van der Waals surface area contributed by atoms with Crippen LogP contribution in [0.5, 0.6) is 0 Å². The average Bonchev–Trinajstić information content (AvgIpc) is 2.71. The van der Waals surface area contributed by atoms with Gasteiger partial charge in [-0.3, -0.25) is 0 Å². The number of hydrogen-bond acceptors (Lipinski definition) is 2. The summed E-state index contributed by atoms with van der Waals surface area (Å²) in [6, 6.07) is 8.58. The van der Waals surface area contributed by atoms with E-state index in [1.165, 1.54) is 11.1 Å². The van der Waals surface area contributed by atoms with Gasteiger partial charge in [0.1, 0.15) is 6.07 Å². The van der Waals surface area contributed by atoms with E-state index >= 15 is 0 Å². The predicted molar refractivity (Wildman–Crippen MR) is 72.2 cm³/mol. The number of nitrogens with zero attached hydrogens (tertiary/aromatic N) is 3. The first-order valence-electron chi connectivity index (χ1n) is 6.07. The van der Waals surface area contributed by atoms with Crippen LogP contribution in [0.4, 0.5) is 0 Å². The normalized spacial score (nSPS) is 10.7. The van der Waals surface area contributed by atoms with Crippen LogP contribution < -0.4 is 0 Å². The summed E-state index contributed by atoms with van der Waals surface area (Å²) in [5, 5.41) is 9.14. The van der Waals surface area contributed by atoms with Gasteiger partial charge in [0.2, 0.25) is 0 Å². The first-order valence-corrected chi connectivity index (χ1v) is 6.07. The summed E-state index contributed by atoms with van der Waals surface area (Å²) in [7, 11) is 1.92. The van der Waals surface area contributed by atoms with Crippen molar-refractivity contribution >= 4 is 0 Å². The van der Waals surface area contributed by atoms with Crippen molar-refractivity contribution in [1.82, 2.24) is 9.55 Å². The first kappa shape index (κ1) is 12.4. The van der Waals surface area contributed by atoms with Crippen LogP contribution in [0.3, 0.4) is 0 Å². The second kappa shape index (κ2) is 4.66. The van der Waals surface area contributed by atoms with Gasteiger partial charge in [-0.1, -0.05) is 26.0 Å². The summed E-state index contributed by atoms with van der Waals surface area (Å²) in [5.41, 5.74) is 4.93. The van der Waals surface area contributed by atoms with Crippen molar-refractivity contribution in [2.75, 3.05) is 0 Å². The van der Waals surface area contributed by atoms with E-state index in [2.05, 4.69) is 50.0 Å². The molecule has 92 valence electrons. The Kier molecular flexibility index (Phi) is 3.20. The van der Waals surface area contributed by atoms with E-state index < -0.39 is 0 Å². The van der Waals surface area contributed by atoms with Crippen molar-refractivity contribution < 1.29 is 0 Å². The van der Waals surface area contributed by atoms with Crippen LogP contribution >= 0.6 is 0 Å². The van der Waals surface area contributed by atoms with Crippen LogP contribution in [0, 0.1) is 18.3 Å². The van der Waals surface area contributed by atoms with Gasteiger partial charge in [0.05, 0.1) is 12.0 Å². The van der Waals surface area contributed by atoms with Crippen LogP contribution in [0.2, 0.25) is 0 Å². The second-order valence-electron chi connectivity index (χ2n) is 4.89. The van der Waals surface area contributed by atoms with Gasteiger partial charge in [0.25, 0.3) is 0 Å². The molecule has 0 spiro atoms. The SMILES string of the molecule is Cc1ccc(C(C)C)cc1-c1c(C#N)ncn1C. The van der Waals surface area contributed by atoms with E-state index in [4.69, 9.17) is 5.26 Å². The third-order valence-electron chi connectivity index (χ3n) is 3.23. The Labute approximate surface area is 108 Å². The molecule has 1 heterocycles. The standard InChI is InChI=1S/C15H17N3/c1-10(2)12-6-5-11(3)13(7-12)15-14(8-16)17-9-18(15)4/h5-7,9-10H,1-4H3. The molecule has 0 atom stereocenters. The Bertz CT molecular complexity index is 615. The molecule has 0 bridgehead atoms. The molecule has 18 heavy (non-hydrogen) atoms. The summed E-state index contributed by atoms with van der Waals surface area (Å²) in [6.07, 6.45) is 1.69. The molecule has 0 amide bonds. The van der Waals surface area contributed by atoms with Crippen LogP contribution in [-0.2, 0) is 7.05 Å². The summed E-state index contributed by atoms with van der Waals surface area (Å²) >= 11 is 0. The topological polar surface area (TPSA) is 41.6 Å². The average molecular weight is 239 g/mol. The Morgan fingerprint density at radius 3 is 2.67 bits per heavy atom. The lowest BCUT2D eigenvalue weighted by molar-refractivity contribution is 0.864. The summed E-state index contributed by atoms with van der Waals surface area (Å²) < 4.78 is 1.91. The van der Waals surface area contributed by atoms with Crippen molar-refractivity contribution in [3.8, 4) is 17.3 Å². The van der Waals surface area contributed by atoms with Gasteiger partial charge in [-0.2, -0.15) is 5.26 Å². The Balaban J connectivity index is 2.67. The molecule has 2 aromatic rings. The van der Waals surface area contributed by atoms with Crippen LogP contribution in [0.15, 0.2) is 24.5 Å². The minimum Gasteiger partial charge on any atom is -0.333 e. The molecule has 0 N–H and O–H groups in total. The Morgan fingerprint density at radius 1 is 1.33 bits per heavy atom. The highest BCUT2D eigenvalue weighted by Gasteiger charge is 2.14. The van der Waals surface area contributed by atoms with Gasteiger partial charge in [0.15, 0.2) is 5.69 Å². The number of imidazole rings is 1. The molecule has 0 aliphatic heterocycles. The highest BCUT2D eigenvalue weighted by molar-refractivity contribution is 5.69. The summed E-state index contributed by atoms with van der Waals surface area (Å²) in [4.78, 5) is 4.13. The van der Waals surface area contributed by atoms with Gasteiger partial charge in [-0.05, 0) is 30.0 Å². The largest absolute Gasteiger partial charge is 0.333 e. The van der Waals surface area contributed by atoms with Gasteiger partial charge in [-0.25, -0.2) is 4.98 Å². The zero-order valence-electron chi connectivity index (χ0n) is 11.2. The van der Waals surface area contributed by atoms with E-state index in [0.717, 1.165) is 11.3 Å². The molecule has 0 saturated heterocycles. The van der Waals surface area contributed by atoms with E-state index in [0.29, 0.717) is 11.6 Å². The molecule has 0 fully saturated rings. The van der Waals surface area contributed by atoms with Crippen LogP contribution in [-0.4, -0.2) is 9.55 Å². The lowest BCUT2D eigenvalue weighted by atomic mass is 9.95. The molecule has 3 nitrogen and oxygen atoms in total. The number of hydrogen-bond donors (Lipinski definition) is 0. The fourth-order valence-electron chi connectivity index (χ4n) is 2.08. The minimum absolute atomic E-state index is 0.475. The molecule has 0 aliphatic rings. The van der Waals surface area contributed by atoms with Crippen LogP contribution in [0.25, 0.3) is 11.3 Å². The number of nitriles is 1. The Hall–Kier alpha value is -2.08. The van der Waals surface area contributed by atoms with E-state index in [1.807, 2.05) is 11.6 Å². The quantitative estimate of drug-likeness (QED) is 0.806. The fourth-order valence-corrected chi connectivity index (χ4v) is 2.08. The lowest BCUT2D eigenvalue weighted by Crippen LogP contribution is -1.96. The van der Waals surface area contributed by atoms with Gasteiger partial charge in [-0.15, -0.1) is 0 Å². The highest BCUT2D eigenvalue weighted by atomic mass is 15.0. The van der Waals surface area contributed by atoms with Crippen molar-refractivity contribution in [1.29, 1.82) is 5.26 Å². The maximum absolute atomic E-state index is 9.14. The first-order chi connectivity index (χ1) is 8.54. The predicted octanol–water partition coefficient (Wildman–Crippen LogP) is 3.39. The maximum atomic E-state index is 9.14. The van der Waals surface area contributed by atoms with Crippen molar-refractivity contribution in [2.45, 2.75) is 26.7 Å². The molecular weight excluding hydrogens is 222 g/mol. The van der Waals surface area contributed by atoms with Gasteiger partial charge < -0.3 is 4.57 Å². The number of rotatable bonds is 2. The lowest BCUT2D eigenvalue weighted by Gasteiger charge is -2.12. The molecule has 2 rings (SSSR count). The Morgan fingerprint density at radius 2 is 2.06 bits per heavy atom. The highest BCUT2D eigenvalue weighted by Crippen LogP contribution is 2.29. The maximum Gasteiger partial charge on any atom is 0.166 e. The molecule has 1 aromatic heterocycles. The fraction of sp³-hybridized carbons (Fsp3) is 0.333. The van der Waals surface area contributed by atoms with Crippen LogP contribution in [0.1, 0.15) is 36.6 Å². The zero-order chi connectivity index (χ0) is 13.3. The molecule has 3 heteroatoms. The van der Waals surface area contributed by atoms with E-state index in [-0.39, 0.29) is 0 Å². The smallest absolute Gasteiger partial charge is 0.166 e. The van der Waals surface area contributed by atoms with Crippen molar-refractivity contribution in [3.05, 3.63) is 41.3 Å². The van der Waals surface area contributed by atoms with Gasteiger partial charge >= 0.3 is 0 Å². The molecule has 0 unspecified atom stereocenters. The van der Waals surface area contributed by atoms with Crippen molar-refractivity contribution in [2.24, 2.45) is 7.05 Å². The number of benzene rings is 1. The van der Waals surface area contributed by atoms with E-state index in [1.54, 1.807) is 6.33 Å². The molecule has 0 aliphatic carbocycles. The zero-order valence-corrected chi connectivity index (χ0v) is 11.2. The minimum atomic E-state index is 0.475. The van der Waals surface area contributed by atoms with E-state index in [9.17, 15) is 0 Å². The van der Waals surface area contributed by atoms with Crippen molar-refractivity contribution in [3.63, 3.8) is 0 Å². The number of aromatic nitrogens is 2.